The highest BCUT2D eigenvalue weighted by atomic mass is 16.5. The van der Waals surface area contributed by atoms with Crippen LogP contribution in [0, 0.1) is 0 Å². The van der Waals surface area contributed by atoms with Gasteiger partial charge in [-0.2, -0.15) is 4.99 Å². The van der Waals surface area contributed by atoms with Gasteiger partial charge in [-0.1, -0.05) is 25.3 Å². The maximum absolute atomic E-state index is 13.5. The Hall–Kier alpha value is -4.14. The quantitative estimate of drug-likeness (QED) is 0.333. The molecule has 0 bridgehead atoms. The van der Waals surface area contributed by atoms with E-state index in [1.54, 1.807) is 37.4 Å². The van der Waals surface area contributed by atoms with Gasteiger partial charge in [-0.15, -0.1) is 0 Å². The van der Waals surface area contributed by atoms with Crippen LogP contribution in [0.2, 0.25) is 0 Å². The molecule has 35 heavy (non-hydrogen) atoms. The molecule has 0 radical (unpaired) electrons. The van der Waals surface area contributed by atoms with E-state index < -0.39 is 11.9 Å². The summed E-state index contributed by atoms with van der Waals surface area (Å²) in [5.41, 5.74) is 1.16. The smallest absolute Gasteiger partial charge is 0.341 e. The highest BCUT2D eigenvalue weighted by Crippen LogP contribution is 2.29. The van der Waals surface area contributed by atoms with Crippen molar-refractivity contribution in [3.05, 3.63) is 82.0 Å². The van der Waals surface area contributed by atoms with Crippen LogP contribution in [0.15, 0.2) is 64.8 Å². The Balaban J connectivity index is 1.91. The van der Waals surface area contributed by atoms with E-state index >= 15 is 0 Å². The molecule has 4 aromatic heterocycles. The van der Waals surface area contributed by atoms with Gasteiger partial charge in [0.25, 0.3) is 11.5 Å². The summed E-state index contributed by atoms with van der Waals surface area (Å²) >= 11 is 0. The lowest BCUT2D eigenvalue weighted by Crippen LogP contribution is -2.35. The second-order valence-corrected chi connectivity index (χ2v) is 8.50. The number of hydrogen-bond acceptors (Lipinski definition) is 6. The average Bonchev–Trinajstić information content (AvgIpc) is 2.89. The number of carbonyl (C=O) groups excluding carboxylic acids is 2. The van der Waals surface area contributed by atoms with Crippen LogP contribution in [-0.2, 0) is 4.74 Å². The largest absolute Gasteiger partial charge is 0.462 e. The Kier molecular flexibility index (Phi) is 6.22. The minimum atomic E-state index is -0.641. The molecule has 1 saturated carbocycles. The van der Waals surface area contributed by atoms with Crippen molar-refractivity contribution in [3.8, 4) is 0 Å². The van der Waals surface area contributed by atoms with Crippen molar-refractivity contribution in [2.45, 2.75) is 45.1 Å². The molecule has 0 unspecified atom stereocenters. The first kappa shape index (κ1) is 22.6. The SMILES string of the molecule is CCOC(=O)c1cc2c(=O)n3ccccc3nc2n(C2CCCCC2)c1=NC(=O)c1ccncc1. The number of ether oxygens (including phenoxy) is 1. The molecule has 0 spiro atoms. The average molecular weight is 472 g/mol. The molecule has 0 aromatic carbocycles. The van der Waals surface area contributed by atoms with E-state index in [9.17, 15) is 14.4 Å². The number of hydrogen-bond donors (Lipinski definition) is 0. The van der Waals surface area contributed by atoms with Crippen LogP contribution in [-0.4, -0.2) is 37.4 Å². The normalized spacial score (nSPS) is 14.9. The predicted molar refractivity (Wildman–Crippen MR) is 129 cm³/mol. The van der Waals surface area contributed by atoms with Gasteiger partial charge in [-0.3, -0.25) is 19.0 Å². The molecule has 4 aromatic rings. The first-order valence-electron chi connectivity index (χ1n) is 11.8. The fraction of sp³-hybridized carbons (Fsp3) is 0.308. The summed E-state index contributed by atoms with van der Waals surface area (Å²) in [5.74, 6) is -1.16. The Labute approximate surface area is 200 Å². The van der Waals surface area contributed by atoms with Crippen LogP contribution in [0.25, 0.3) is 16.7 Å². The molecule has 5 rings (SSSR count). The number of carbonyl (C=O) groups is 2. The molecule has 4 heterocycles. The van der Waals surface area contributed by atoms with Crippen molar-refractivity contribution in [2.24, 2.45) is 4.99 Å². The topological polar surface area (TPSA) is 108 Å². The van der Waals surface area contributed by atoms with Crippen molar-refractivity contribution in [1.29, 1.82) is 0 Å². The molecule has 1 aliphatic rings. The summed E-state index contributed by atoms with van der Waals surface area (Å²) in [6.45, 7) is 1.85. The van der Waals surface area contributed by atoms with E-state index in [1.165, 1.54) is 22.9 Å². The van der Waals surface area contributed by atoms with Gasteiger partial charge >= 0.3 is 5.97 Å². The van der Waals surface area contributed by atoms with Crippen molar-refractivity contribution in [3.63, 3.8) is 0 Å². The van der Waals surface area contributed by atoms with E-state index in [4.69, 9.17) is 9.72 Å². The molecule has 9 heteroatoms. The van der Waals surface area contributed by atoms with Crippen molar-refractivity contribution in [2.75, 3.05) is 6.61 Å². The monoisotopic (exact) mass is 471 g/mol. The maximum Gasteiger partial charge on any atom is 0.341 e. The van der Waals surface area contributed by atoms with E-state index in [1.807, 2.05) is 10.6 Å². The minimum Gasteiger partial charge on any atom is -0.462 e. The molecule has 1 aliphatic carbocycles. The maximum atomic E-state index is 13.5. The molecule has 1 amide bonds. The van der Waals surface area contributed by atoms with Gasteiger partial charge in [-0.05, 0) is 50.1 Å². The fourth-order valence-electron chi connectivity index (χ4n) is 4.65. The zero-order valence-electron chi connectivity index (χ0n) is 19.4. The van der Waals surface area contributed by atoms with Crippen LogP contribution in [0.1, 0.15) is 65.8 Å². The summed E-state index contributed by atoms with van der Waals surface area (Å²) in [6, 6.07) is 9.84. The first-order chi connectivity index (χ1) is 17.1. The molecule has 178 valence electrons. The summed E-state index contributed by atoms with van der Waals surface area (Å²) in [7, 11) is 0. The van der Waals surface area contributed by atoms with Crippen LogP contribution in [0.5, 0.6) is 0 Å². The molecular weight excluding hydrogens is 446 g/mol. The fourth-order valence-corrected chi connectivity index (χ4v) is 4.65. The Morgan fingerprint density at radius 1 is 1.11 bits per heavy atom. The lowest BCUT2D eigenvalue weighted by molar-refractivity contribution is 0.0523. The Bertz CT molecular complexity index is 1550. The van der Waals surface area contributed by atoms with Gasteiger partial charge in [0.1, 0.15) is 16.9 Å². The third-order valence-electron chi connectivity index (χ3n) is 6.30. The summed E-state index contributed by atoms with van der Waals surface area (Å²) in [4.78, 5) is 52.9. The molecule has 9 nitrogen and oxygen atoms in total. The van der Waals surface area contributed by atoms with Crippen molar-refractivity contribution < 1.29 is 14.3 Å². The number of esters is 1. The standard InChI is InChI=1S/C26H25N5O4/c1-2-35-26(34)20-16-19-22(28-21-10-6-7-15-30(21)25(19)33)31(18-8-4-3-5-9-18)23(20)29-24(32)17-11-13-27-14-12-17/h6-7,10-16,18H,2-5,8-9H2,1H3. The lowest BCUT2D eigenvalue weighted by Gasteiger charge is -2.27. The number of aromatic nitrogens is 4. The minimum absolute atomic E-state index is 0.0670. The van der Waals surface area contributed by atoms with Crippen LogP contribution >= 0.6 is 0 Å². The van der Waals surface area contributed by atoms with Gasteiger partial charge in [0.15, 0.2) is 5.49 Å². The molecule has 1 fully saturated rings. The second kappa shape index (κ2) is 9.61. The molecule has 0 atom stereocenters. The summed E-state index contributed by atoms with van der Waals surface area (Å²) in [6.07, 6.45) is 9.42. The van der Waals surface area contributed by atoms with Gasteiger partial charge in [0.05, 0.1) is 12.0 Å². The van der Waals surface area contributed by atoms with E-state index in [0.29, 0.717) is 16.9 Å². The Morgan fingerprint density at radius 3 is 2.63 bits per heavy atom. The number of pyridine rings is 3. The number of rotatable bonds is 4. The molecule has 0 saturated heterocycles. The summed E-state index contributed by atoms with van der Waals surface area (Å²) < 4.78 is 8.57. The summed E-state index contributed by atoms with van der Waals surface area (Å²) in [5, 5.41) is 0.276. The van der Waals surface area contributed by atoms with E-state index in [-0.39, 0.29) is 34.6 Å². The molecule has 0 N–H and O–H groups in total. The highest BCUT2D eigenvalue weighted by molar-refractivity contribution is 5.97. The predicted octanol–water partition coefficient (Wildman–Crippen LogP) is 3.47. The zero-order valence-corrected chi connectivity index (χ0v) is 19.4. The number of amides is 1. The van der Waals surface area contributed by atoms with Gasteiger partial charge in [-0.25, -0.2) is 9.78 Å². The third kappa shape index (κ3) is 4.25. The van der Waals surface area contributed by atoms with E-state index in [0.717, 1.165) is 32.1 Å². The van der Waals surface area contributed by atoms with Crippen LogP contribution in [0.3, 0.4) is 0 Å². The Morgan fingerprint density at radius 2 is 1.89 bits per heavy atom. The van der Waals surface area contributed by atoms with Gasteiger partial charge in [0.2, 0.25) is 0 Å². The molecular formula is C26H25N5O4. The highest BCUT2D eigenvalue weighted by Gasteiger charge is 2.25. The van der Waals surface area contributed by atoms with Crippen LogP contribution < -0.4 is 11.0 Å². The van der Waals surface area contributed by atoms with Crippen LogP contribution in [0.4, 0.5) is 0 Å². The zero-order chi connectivity index (χ0) is 24.4. The first-order valence-corrected chi connectivity index (χ1v) is 11.8. The van der Waals surface area contributed by atoms with E-state index in [2.05, 4.69) is 9.98 Å². The van der Waals surface area contributed by atoms with Gasteiger partial charge < -0.3 is 9.30 Å². The van der Waals surface area contributed by atoms with Crippen molar-refractivity contribution >= 4 is 28.6 Å². The van der Waals surface area contributed by atoms with Crippen molar-refractivity contribution in [1.82, 2.24) is 18.9 Å². The lowest BCUT2D eigenvalue weighted by atomic mass is 9.94. The number of fused-ring (bicyclic) bond motifs is 2. The molecule has 0 aliphatic heterocycles. The second-order valence-electron chi connectivity index (χ2n) is 8.50. The van der Waals surface area contributed by atoms with Gasteiger partial charge in [0, 0.05) is 30.2 Å². The third-order valence-corrected chi connectivity index (χ3v) is 6.30. The number of nitrogens with zero attached hydrogens (tertiary/aromatic N) is 5.